The van der Waals surface area contributed by atoms with Crippen LogP contribution >= 0.6 is 7.82 Å². The molecule has 4 bridgehead atoms. The van der Waals surface area contributed by atoms with Gasteiger partial charge < -0.3 is 24.1 Å². The lowest BCUT2D eigenvalue weighted by Gasteiger charge is -2.57. The Kier molecular flexibility index (Phi) is 16.1. The number of benzene rings is 1. The molecule has 1 N–H and O–H groups in total. The Morgan fingerprint density at radius 3 is 1.68 bits per heavy atom. The summed E-state index contributed by atoms with van der Waals surface area (Å²) in [7, 11) is -3.99. The third-order valence-electron chi connectivity index (χ3n) is 8.80. The van der Waals surface area contributed by atoms with Gasteiger partial charge in [-0.25, -0.2) is 4.57 Å². The van der Waals surface area contributed by atoms with Gasteiger partial charge in [0.2, 0.25) is 0 Å². The van der Waals surface area contributed by atoms with Crippen LogP contribution in [-0.4, -0.2) is 61.4 Å². The second-order valence-corrected chi connectivity index (χ2v) is 14.1. The zero-order valence-corrected chi connectivity index (χ0v) is 27.9. The normalized spacial score (nSPS) is 27.8. The van der Waals surface area contributed by atoms with Crippen molar-refractivity contribution in [2.75, 3.05) is 13.2 Å². The van der Waals surface area contributed by atoms with Gasteiger partial charge in [0.15, 0.2) is 0 Å². The molecule has 3 aliphatic heterocycles. The summed E-state index contributed by atoms with van der Waals surface area (Å²) >= 11 is 0. The first-order valence-electron chi connectivity index (χ1n) is 17.4. The molecule has 1 aromatic carbocycles. The van der Waals surface area contributed by atoms with Crippen LogP contribution in [0.1, 0.15) is 122 Å². The van der Waals surface area contributed by atoms with Crippen LogP contribution in [0, 0.1) is 0 Å². The highest BCUT2D eigenvalue weighted by Gasteiger charge is 2.64. The number of phosphoric acid groups is 1. The van der Waals surface area contributed by atoms with Crippen molar-refractivity contribution in [3.05, 3.63) is 35.9 Å². The number of aliphatic hydroxyl groups excluding tert-OH is 1. The van der Waals surface area contributed by atoms with Crippen LogP contribution in [-0.2, 0) is 43.7 Å². The predicted octanol–water partition coefficient (Wildman–Crippen LogP) is 8.22. The van der Waals surface area contributed by atoms with Crippen LogP contribution < -0.4 is 0 Å². The summed E-state index contributed by atoms with van der Waals surface area (Å²) in [5.41, 5.74) is 0.984. The first kappa shape index (κ1) is 36.0. The quantitative estimate of drug-likeness (QED) is 0.0837. The molecule has 0 unspecified atom stereocenters. The number of aliphatic hydroxyl groups is 1. The van der Waals surface area contributed by atoms with Crippen LogP contribution in [0.2, 0.25) is 0 Å². The van der Waals surface area contributed by atoms with E-state index in [4.69, 9.17) is 32.5 Å². The highest BCUT2D eigenvalue weighted by molar-refractivity contribution is 7.48. The van der Waals surface area contributed by atoms with Crippen molar-refractivity contribution in [3.63, 3.8) is 0 Å². The minimum atomic E-state index is -3.99. The van der Waals surface area contributed by atoms with E-state index in [2.05, 4.69) is 13.8 Å². The topological polar surface area (TPSA) is 102 Å². The largest absolute Gasteiger partial charge is 0.475 e. The Bertz CT molecular complexity index is 924. The lowest BCUT2D eigenvalue weighted by Crippen LogP contribution is -2.75. The first-order valence-corrected chi connectivity index (χ1v) is 18.9. The van der Waals surface area contributed by atoms with E-state index in [1.165, 1.54) is 64.2 Å². The van der Waals surface area contributed by atoms with Gasteiger partial charge in [0.05, 0.1) is 19.8 Å². The molecule has 1 aromatic rings. The van der Waals surface area contributed by atoms with E-state index < -0.39 is 50.9 Å². The monoisotopic (exact) mass is 640 g/mol. The van der Waals surface area contributed by atoms with Crippen LogP contribution in [0.3, 0.4) is 0 Å². The Labute approximate surface area is 265 Å². The van der Waals surface area contributed by atoms with E-state index in [1.807, 2.05) is 30.3 Å². The van der Waals surface area contributed by atoms with E-state index >= 15 is 0 Å². The third kappa shape index (κ3) is 11.1. The third-order valence-corrected chi connectivity index (χ3v) is 10.3. The molecule has 4 fully saturated rings. The Balaban J connectivity index is 1.32. The molecule has 0 aromatic heterocycles. The molecule has 7 atom stereocenters. The lowest BCUT2D eigenvalue weighted by molar-refractivity contribution is -0.482. The maximum Gasteiger partial charge on any atom is 0.475 e. The maximum absolute atomic E-state index is 14.1. The molecule has 0 spiro atoms. The Morgan fingerprint density at radius 2 is 1.14 bits per heavy atom. The van der Waals surface area contributed by atoms with Crippen molar-refractivity contribution in [3.8, 4) is 0 Å². The first-order chi connectivity index (χ1) is 21.5. The van der Waals surface area contributed by atoms with Gasteiger partial charge in [0.25, 0.3) is 6.48 Å². The summed E-state index contributed by atoms with van der Waals surface area (Å²) in [6.45, 7) is 4.38. The van der Waals surface area contributed by atoms with Crippen LogP contribution in [0.5, 0.6) is 0 Å². The standard InChI is InChI=1S/C34H57O9P/c1-3-5-7-9-11-13-15-20-24-38-44(36,39-25-21-16-14-12-10-8-6-4-2)43-33-30-28(35)29-31(32(33)42-34(40-29)41-30)37-26-27-22-18-17-19-23-27/h17-19,22-23,28-35H,3-16,20-21,24-26H2,1-2H3/t28-,29+,30-,31+,32+,33+,34-/m0/s1. The number of hydrogen-bond acceptors (Lipinski definition) is 9. The van der Waals surface area contributed by atoms with Crippen molar-refractivity contribution in [2.24, 2.45) is 0 Å². The van der Waals surface area contributed by atoms with Crippen LogP contribution in [0.25, 0.3) is 0 Å². The SMILES string of the molecule is CCCCCCCCCCOP(=O)(OCCCCCCCCCC)O[C@H]1[C@@H]2O[C@H]3O[C@H]([C@H](O)[C@@H]1O3)[C@H]2OCc1ccccc1. The van der Waals surface area contributed by atoms with Gasteiger partial charge in [0, 0.05) is 0 Å². The summed E-state index contributed by atoms with van der Waals surface area (Å²) < 4.78 is 55.8. The molecule has 0 radical (unpaired) electrons. The molecule has 10 heteroatoms. The second-order valence-electron chi connectivity index (χ2n) is 12.5. The fourth-order valence-corrected chi connectivity index (χ4v) is 7.68. The van der Waals surface area contributed by atoms with Gasteiger partial charge in [-0.1, -0.05) is 134 Å². The molecule has 9 nitrogen and oxygen atoms in total. The minimum Gasteiger partial charge on any atom is -0.387 e. The van der Waals surface area contributed by atoms with Gasteiger partial charge in [-0.05, 0) is 18.4 Å². The average molecular weight is 641 g/mol. The number of unbranched alkanes of at least 4 members (excludes halogenated alkanes) is 14. The summed E-state index contributed by atoms with van der Waals surface area (Å²) in [5.74, 6) is 0. The van der Waals surface area contributed by atoms with E-state index in [0.717, 1.165) is 44.1 Å². The molecule has 3 saturated heterocycles. The molecular weight excluding hydrogens is 583 g/mol. The molecule has 0 amide bonds. The molecule has 44 heavy (non-hydrogen) atoms. The summed E-state index contributed by atoms with van der Waals surface area (Å²) in [5, 5.41) is 11.1. The number of phosphoric ester groups is 1. The minimum absolute atomic E-state index is 0.276. The van der Waals surface area contributed by atoms with E-state index in [0.29, 0.717) is 6.61 Å². The summed E-state index contributed by atoms with van der Waals surface area (Å²) in [4.78, 5) is 0. The zero-order valence-electron chi connectivity index (χ0n) is 27.0. The second kappa shape index (κ2) is 19.7. The summed E-state index contributed by atoms with van der Waals surface area (Å²) in [6.07, 6.45) is 13.7. The highest BCUT2D eigenvalue weighted by Crippen LogP contribution is 2.55. The van der Waals surface area contributed by atoms with E-state index in [-0.39, 0.29) is 13.2 Å². The van der Waals surface area contributed by atoms with Crippen molar-refractivity contribution in [1.82, 2.24) is 0 Å². The molecular formula is C34H57O9P. The smallest absolute Gasteiger partial charge is 0.387 e. The van der Waals surface area contributed by atoms with Crippen LogP contribution in [0.15, 0.2) is 30.3 Å². The number of ether oxygens (including phenoxy) is 4. The molecule has 5 rings (SSSR count). The molecule has 3 heterocycles. The molecule has 1 saturated carbocycles. The molecule has 1 aliphatic carbocycles. The Morgan fingerprint density at radius 1 is 0.659 bits per heavy atom. The fourth-order valence-electron chi connectivity index (χ4n) is 6.24. The van der Waals surface area contributed by atoms with Crippen LogP contribution in [0.4, 0.5) is 0 Å². The van der Waals surface area contributed by atoms with Crippen molar-refractivity contribution in [1.29, 1.82) is 0 Å². The Hall–Kier alpha value is -0.870. The summed E-state index contributed by atoms with van der Waals surface area (Å²) in [6, 6.07) is 9.78. The van der Waals surface area contributed by atoms with E-state index in [1.54, 1.807) is 0 Å². The lowest BCUT2D eigenvalue weighted by atomic mass is 9.82. The van der Waals surface area contributed by atoms with Crippen molar-refractivity contribution in [2.45, 2.75) is 166 Å². The predicted molar refractivity (Wildman–Crippen MR) is 169 cm³/mol. The van der Waals surface area contributed by atoms with Crippen molar-refractivity contribution >= 4 is 7.82 Å². The fraction of sp³-hybridized carbons (Fsp3) is 0.824. The van der Waals surface area contributed by atoms with Gasteiger partial charge >= 0.3 is 7.82 Å². The van der Waals surface area contributed by atoms with Gasteiger partial charge in [-0.3, -0.25) is 13.6 Å². The van der Waals surface area contributed by atoms with Gasteiger partial charge in [0.1, 0.15) is 36.6 Å². The average Bonchev–Trinajstić information content (AvgIpc) is 3.03. The molecule has 4 aliphatic rings. The number of hydrogen-bond donors (Lipinski definition) is 1. The van der Waals surface area contributed by atoms with Gasteiger partial charge in [-0.15, -0.1) is 0 Å². The zero-order chi connectivity index (χ0) is 31.0. The van der Waals surface area contributed by atoms with Crippen molar-refractivity contribution < 1.29 is 42.2 Å². The van der Waals surface area contributed by atoms with Gasteiger partial charge in [-0.2, -0.15) is 0 Å². The maximum atomic E-state index is 14.1. The molecule has 252 valence electrons. The number of rotatable bonds is 25. The van der Waals surface area contributed by atoms with E-state index in [9.17, 15) is 9.67 Å². The highest BCUT2D eigenvalue weighted by atomic mass is 31.2.